The Morgan fingerprint density at radius 1 is 1.21 bits per heavy atom. The van der Waals surface area contributed by atoms with Gasteiger partial charge in [-0.1, -0.05) is 12.1 Å². The smallest absolute Gasteiger partial charge is 0.326 e. The number of furan rings is 1. The molecule has 1 unspecified atom stereocenters. The minimum absolute atomic E-state index is 0.0407. The topological polar surface area (TPSA) is 104 Å². The SMILES string of the molecule is CO.O=c1[nH]c2ccccc2n1C1CCN(CC(O)COCc2ccco2)CC1. The molecule has 29 heavy (non-hydrogen) atoms. The fourth-order valence-corrected chi connectivity index (χ4v) is 3.84. The van der Waals surface area contributed by atoms with Gasteiger partial charge in [0.1, 0.15) is 12.4 Å². The van der Waals surface area contributed by atoms with E-state index in [-0.39, 0.29) is 18.3 Å². The fourth-order valence-electron chi connectivity index (χ4n) is 3.84. The van der Waals surface area contributed by atoms with Crippen LogP contribution in [-0.4, -0.2) is 64.1 Å². The third-order valence-corrected chi connectivity index (χ3v) is 5.15. The second-order valence-corrected chi connectivity index (χ2v) is 7.10. The molecule has 8 nitrogen and oxygen atoms in total. The van der Waals surface area contributed by atoms with E-state index < -0.39 is 6.10 Å². The van der Waals surface area contributed by atoms with E-state index in [1.807, 2.05) is 41.0 Å². The number of hydrogen-bond donors (Lipinski definition) is 3. The van der Waals surface area contributed by atoms with E-state index in [0.717, 1.165) is 49.8 Å². The van der Waals surface area contributed by atoms with Gasteiger partial charge in [0.15, 0.2) is 0 Å². The number of likely N-dealkylation sites (tertiary alicyclic amines) is 1. The van der Waals surface area contributed by atoms with Crippen LogP contribution in [0.25, 0.3) is 11.0 Å². The van der Waals surface area contributed by atoms with Crippen LogP contribution in [-0.2, 0) is 11.3 Å². The number of benzene rings is 1. The van der Waals surface area contributed by atoms with Crippen molar-refractivity contribution in [1.82, 2.24) is 14.5 Å². The first-order valence-corrected chi connectivity index (χ1v) is 9.85. The Labute approximate surface area is 169 Å². The van der Waals surface area contributed by atoms with Gasteiger partial charge < -0.3 is 29.3 Å². The minimum atomic E-state index is -0.535. The first-order chi connectivity index (χ1) is 14.2. The maximum atomic E-state index is 12.3. The summed E-state index contributed by atoms with van der Waals surface area (Å²) in [5.41, 5.74) is 1.81. The van der Waals surface area contributed by atoms with Crippen molar-refractivity contribution in [3.05, 3.63) is 58.9 Å². The molecule has 0 bridgehead atoms. The normalized spacial score (nSPS) is 16.5. The van der Waals surface area contributed by atoms with Crippen molar-refractivity contribution in [2.75, 3.05) is 33.4 Å². The Bertz CT molecular complexity index is 910. The predicted molar refractivity (Wildman–Crippen MR) is 110 cm³/mol. The quantitative estimate of drug-likeness (QED) is 0.555. The molecular formula is C21H29N3O5. The first kappa shape index (κ1) is 21.3. The number of ether oxygens (including phenoxy) is 1. The number of fused-ring (bicyclic) bond motifs is 1. The van der Waals surface area contributed by atoms with Crippen molar-refractivity contribution in [3.8, 4) is 0 Å². The molecule has 3 aromatic rings. The van der Waals surface area contributed by atoms with Crippen molar-refractivity contribution in [3.63, 3.8) is 0 Å². The average Bonchev–Trinajstić information content (AvgIpc) is 3.37. The van der Waals surface area contributed by atoms with Gasteiger partial charge in [0, 0.05) is 32.8 Å². The molecule has 1 saturated heterocycles. The molecular weight excluding hydrogens is 374 g/mol. The Morgan fingerprint density at radius 3 is 2.69 bits per heavy atom. The molecule has 0 radical (unpaired) electrons. The maximum Gasteiger partial charge on any atom is 0.326 e. The minimum Gasteiger partial charge on any atom is -0.467 e. The summed E-state index contributed by atoms with van der Waals surface area (Å²) in [7, 11) is 1.00. The van der Waals surface area contributed by atoms with Gasteiger partial charge in [-0.05, 0) is 37.1 Å². The van der Waals surface area contributed by atoms with E-state index in [1.165, 1.54) is 0 Å². The standard InChI is InChI=1S/C20H25N3O4.CH4O/c24-16(13-26-14-17-4-3-11-27-17)12-22-9-7-15(8-10-22)23-19-6-2-1-5-18(19)21-20(23)25;1-2/h1-6,11,15-16,24H,7-10,12-14H2,(H,21,25);2H,1H3. The monoisotopic (exact) mass is 403 g/mol. The van der Waals surface area contributed by atoms with Gasteiger partial charge in [0.25, 0.3) is 0 Å². The number of aromatic amines is 1. The molecule has 0 amide bonds. The molecule has 0 spiro atoms. The van der Waals surface area contributed by atoms with Crippen LogP contribution >= 0.6 is 0 Å². The molecule has 1 atom stereocenters. The van der Waals surface area contributed by atoms with Gasteiger partial charge in [-0.2, -0.15) is 0 Å². The zero-order valence-corrected chi connectivity index (χ0v) is 16.7. The van der Waals surface area contributed by atoms with Gasteiger partial charge in [-0.15, -0.1) is 0 Å². The van der Waals surface area contributed by atoms with Gasteiger partial charge >= 0.3 is 5.69 Å². The van der Waals surface area contributed by atoms with Gasteiger partial charge in [0.2, 0.25) is 0 Å². The highest BCUT2D eigenvalue weighted by molar-refractivity contribution is 5.75. The van der Waals surface area contributed by atoms with Gasteiger partial charge in [0.05, 0.1) is 30.0 Å². The van der Waals surface area contributed by atoms with E-state index in [4.69, 9.17) is 14.3 Å². The number of imidazole rings is 1. The second-order valence-electron chi connectivity index (χ2n) is 7.10. The summed E-state index contributed by atoms with van der Waals surface area (Å²) in [6, 6.07) is 11.7. The molecule has 1 aliphatic heterocycles. The van der Waals surface area contributed by atoms with Crippen LogP contribution in [0.15, 0.2) is 51.9 Å². The number of β-amino-alcohol motifs (C(OH)–C–C–N with tert-alkyl or cyclic N) is 1. The fraction of sp³-hybridized carbons (Fsp3) is 0.476. The Balaban J connectivity index is 0.00000117. The summed E-state index contributed by atoms with van der Waals surface area (Å²) in [6.07, 6.45) is 2.86. The second kappa shape index (κ2) is 10.4. The van der Waals surface area contributed by atoms with Crippen LogP contribution in [0.5, 0.6) is 0 Å². The van der Waals surface area contributed by atoms with Crippen molar-refractivity contribution < 1.29 is 19.4 Å². The highest BCUT2D eigenvalue weighted by atomic mass is 16.5. The molecule has 0 aliphatic carbocycles. The lowest BCUT2D eigenvalue weighted by molar-refractivity contribution is 0.000536. The lowest BCUT2D eigenvalue weighted by Gasteiger charge is -2.33. The molecule has 1 aromatic carbocycles. The van der Waals surface area contributed by atoms with Crippen molar-refractivity contribution in [2.24, 2.45) is 0 Å². The summed E-state index contributed by atoms with van der Waals surface area (Å²) in [4.78, 5) is 17.5. The predicted octanol–water partition coefficient (Wildman–Crippen LogP) is 1.75. The third kappa shape index (κ3) is 5.36. The molecule has 2 aromatic heterocycles. The van der Waals surface area contributed by atoms with E-state index >= 15 is 0 Å². The number of rotatable bonds is 7. The van der Waals surface area contributed by atoms with Crippen LogP contribution in [0.4, 0.5) is 0 Å². The number of aliphatic hydroxyl groups excluding tert-OH is 2. The molecule has 0 saturated carbocycles. The van der Waals surface area contributed by atoms with Crippen LogP contribution in [0.3, 0.4) is 0 Å². The third-order valence-electron chi connectivity index (χ3n) is 5.15. The van der Waals surface area contributed by atoms with E-state index in [0.29, 0.717) is 13.2 Å². The lowest BCUT2D eigenvalue weighted by atomic mass is 10.0. The van der Waals surface area contributed by atoms with Crippen LogP contribution in [0, 0.1) is 0 Å². The number of hydrogen-bond acceptors (Lipinski definition) is 6. The maximum absolute atomic E-state index is 12.3. The molecule has 4 rings (SSSR count). The molecule has 3 heterocycles. The molecule has 3 N–H and O–H groups in total. The Morgan fingerprint density at radius 2 is 1.97 bits per heavy atom. The molecule has 8 heteroatoms. The number of H-pyrrole nitrogens is 1. The Kier molecular flexibility index (Phi) is 7.65. The highest BCUT2D eigenvalue weighted by Gasteiger charge is 2.24. The number of piperidine rings is 1. The largest absolute Gasteiger partial charge is 0.467 e. The first-order valence-electron chi connectivity index (χ1n) is 9.85. The number of aliphatic hydroxyl groups is 2. The molecule has 158 valence electrons. The molecule has 1 fully saturated rings. The number of nitrogens with zero attached hydrogens (tertiary/aromatic N) is 2. The van der Waals surface area contributed by atoms with E-state index in [9.17, 15) is 9.90 Å². The average molecular weight is 403 g/mol. The number of aromatic nitrogens is 2. The Hall–Kier alpha value is -2.39. The van der Waals surface area contributed by atoms with Gasteiger partial charge in [-0.25, -0.2) is 4.79 Å². The van der Waals surface area contributed by atoms with Crippen molar-refractivity contribution >= 4 is 11.0 Å². The zero-order valence-electron chi connectivity index (χ0n) is 16.7. The van der Waals surface area contributed by atoms with Crippen LogP contribution in [0.1, 0.15) is 24.6 Å². The summed E-state index contributed by atoms with van der Waals surface area (Å²) < 4.78 is 12.6. The van der Waals surface area contributed by atoms with Crippen molar-refractivity contribution in [2.45, 2.75) is 31.6 Å². The van der Waals surface area contributed by atoms with E-state index in [2.05, 4.69) is 9.88 Å². The van der Waals surface area contributed by atoms with Crippen molar-refractivity contribution in [1.29, 1.82) is 0 Å². The highest BCUT2D eigenvalue weighted by Crippen LogP contribution is 2.24. The van der Waals surface area contributed by atoms with Crippen LogP contribution in [0.2, 0.25) is 0 Å². The number of para-hydroxylation sites is 2. The van der Waals surface area contributed by atoms with Gasteiger partial charge in [-0.3, -0.25) is 4.57 Å². The molecule has 1 aliphatic rings. The van der Waals surface area contributed by atoms with Crippen LogP contribution < -0.4 is 5.69 Å². The van der Waals surface area contributed by atoms with E-state index in [1.54, 1.807) is 6.26 Å². The summed E-state index contributed by atoms with van der Waals surface area (Å²) in [5.74, 6) is 0.757. The summed E-state index contributed by atoms with van der Waals surface area (Å²) in [6.45, 7) is 2.93. The zero-order chi connectivity index (χ0) is 20.6. The summed E-state index contributed by atoms with van der Waals surface area (Å²) >= 11 is 0. The lowest BCUT2D eigenvalue weighted by Crippen LogP contribution is -2.41. The summed E-state index contributed by atoms with van der Waals surface area (Å²) in [5, 5.41) is 17.2. The number of nitrogens with one attached hydrogen (secondary N) is 1.